The van der Waals surface area contributed by atoms with Gasteiger partial charge >= 0.3 is 0 Å². The summed E-state index contributed by atoms with van der Waals surface area (Å²) in [6.07, 6.45) is -0.541. The molecule has 0 unspecified atom stereocenters. The number of aliphatic hydroxyl groups excluding tert-OH is 1. The summed E-state index contributed by atoms with van der Waals surface area (Å²) in [4.78, 5) is 0. The van der Waals surface area contributed by atoms with E-state index in [4.69, 9.17) is 0 Å². The van der Waals surface area contributed by atoms with E-state index in [1.54, 1.807) is 0 Å². The van der Waals surface area contributed by atoms with Crippen LogP contribution >= 0.6 is 0 Å². The predicted molar refractivity (Wildman–Crippen MR) is 75.6 cm³/mol. The average Bonchev–Trinajstić information content (AvgIpc) is 2.38. The van der Waals surface area contributed by atoms with Crippen LogP contribution in [0.25, 0.3) is 0 Å². The van der Waals surface area contributed by atoms with Gasteiger partial charge in [0.15, 0.2) is 0 Å². The normalized spacial score (nSPS) is 13.3. The highest BCUT2D eigenvalue weighted by molar-refractivity contribution is 5.33. The first-order valence-corrected chi connectivity index (χ1v) is 6.32. The summed E-state index contributed by atoms with van der Waals surface area (Å²) in [5.74, 6) is 0. The van der Waals surface area contributed by atoms with Crippen molar-refractivity contribution in [2.45, 2.75) is 32.3 Å². The van der Waals surface area contributed by atoms with Gasteiger partial charge in [-0.25, -0.2) is 0 Å². The van der Waals surface area contributed by atoms with Gasteiger partial charge in [0.2, 0.25) is 0 Å². The first kappa shape index (κ1) is 12.8. The highest BCUT2D eigenvalue weighted by Crippen LogP contribution is 2.26. The van der Waals surface area contributed by atoms with E-state index >= 15 is 0 Å². The molecule has 0 spiro atoms. The van der Waals surface area contributed by atoms with Crippen molar-refractivity contribution in [3.05, 3.63) is 71.3 Å². The highest BCUT2D eigenvalue weighted by Gasteiger charge is 2.15. The largest absolute Gasteiger partial charge is 0.384 e. The van der Waals surface area contributed by atoms with Crippen molar-refractivity contribution in [1.29, 1.82) is 0 Å². The zero-order chi connectivity index (χ0) is 13.2. The Bertz CT molecular complexity index is 491. The first-order chi connectivity index (χ1) is 8.48. The lowest BCUT2D eigenvalue weighted by atomic mass is 9.86. The van der Waals surface area contributed by atoms with Gasteiger partial charge in [-0.05, 0) is 22.1 Å². The maximum atomic E-state index is 10.3. The van der Waals surface area contributed by atoms with Crippen molar-refractivity contribution < 1.29 is 5.11 Å². The number of aliphatic hydroxyl groups is 1. The summed E-state index contributed by atoms with van der Waals surface area (Å²) < 4.78 is 0. The Morgan fingerprint density at radius 3 is 1.78 bits per heavy atom. The first-order valence-electron chi connectivity index (χ1n) is 6.32. The number of hydrogen-bond acceptors (Lipinski definition) is 1. The van der Waals surface area contributed by atoms with E-state index in [-0.39, 0.29) is 5.41 Å². The fourth-order valence-electron chi connectivity index (χ4n) is 1.99. The molecule has 0 heterocycles. The second-order valence-corrected chi connectivity index (χ2v) is 5.69. The van der Waals surface area contributed by atoms with E-state index in [0.717, 1.165) is 11.1 Å². The smallest absolute Gasteiger partial charge is 0.104 e. The lowest BCUT2D eigenvalue weighted by Crippen LogP contribution is -2.11. The lowest BCUT2D eigenvalue weighted by Gasteiger charge is -2.20. The zero-order valence-electron chi connectivity index (χ0n) is 11.2. The molecule has 1 nitrogen and oxygen atoms in total. The SMILES string of the molecule is CC(C)(C)c1ccc([C@@H](O)c2ccccc2)cc1. The molecule has 1 atom stereocenters. The Kier molecular flexibility index (Phi) is 3.53. The van der Waals surface area contributed by atoms with Crippen LogP contribution in [0, 0.1) is 0 Å². The Hall–Kier alpha value is -1.60. The van der Waals surface area contributed by atoms with Crippen LogP contribution in [-0.4, -0.2) is 5.11 Å². The van der Waals surface area contributed by atoms with Gasteiger partial charge in [0.05, 0.1) is 0 Å². The molecule has 1 N–H and O–H groups in total. The van der Waals surface area contributed by atoms with Crippen LogP contribution in [0.5, 0.6) is 0 Å². The summed E-state index contributed by atoms with van der Waals surface area (Å²) in [5.41, 5.74) is 3.30. The second-order valence-electron chi connectivity index (χ2n) is 5.69. The molecule has 0 saturated carbocycles. The summed E-state index contributed by atoms with van der Waals surface area (Å²) in [5, 5.41) is 10.3. The van der Waals surface area contributed by atoms with Gasteiger partial charge in [0.25, 0.3) is 0 Å². The van der Waals surface area contributed by atoms with E-state index in [1.807, 2.05) is 42.5 Å². The molecular weight excluding hydrogens is 220 g/mol. The van der Waals surface area contributed by atoms with E-state index < -0.39 is 6.10 Å². The molecule has 0 bridgehead atoms. The molecule has 0 saturated heterocycles. The average molecular weight is 240 g/mol. The van der Waals surface area contributed by atoms with Gasteiger partial charge in [-0.15, -0.1) is 0 Å². The van der Waals surface area contributed by atoms with E-state index in [0.29, 0.717) is 0 Å². The molecular formula is C17H20O. The summed E-state index contributed by atoms with van der Waals surface area (Å²) in [6, 6.07) is 18.0. The number of hydrogen-bond donors (Lipinski definition) is 1. The van der Waals surface area contributed by atoms with Gasteiger partial charge in [-0.1, -0.05) is 75.4 Å². The molecule has 0 aliphatic heterocycles. The topological polar surface area (TPSA) is 20.2 Å². The van der Waals surface area contributed by atoms with Gasteiger partial charge in [-0.2, -0.15) is 0 Å². The number of benzene rings is 2. The van der Waals surface area contributed by atoms with Gasteiger partial charge in [0.1, 0.15) is 6.10 Å². The summed E-state index contributed by atoms with van der Waals surface area (Å²) in [6.45, 7) is 6.57. The van der Waals surface area contributed by atoms with E-state index in [1.165, 1.54) is 5.56 Å². The molecule has 18 heavy (non-hydrogen) atoms. The Morgan fingerprint density at radius 2 is 1.28 bits per heavy atom. The quantitative estimate of drug-likeness (QED) is 0.839. The molecule has 0 radical (unpaired) electrons. The van der Waals surface area contributed by atoms with Crippen LogP contribution < -0.4 is 0 Å². The predicted octanol–water partition coefficient (Wildman–Crippen LogP) is 4.07. The molecule has 2 aromatic rings. The van der Waals surface area contributed by atoms with Crippen molar-refractivity contribution in [1.82, 2.24) is 0 Å². The Labute approximate surface area is 109 Å². The second kappa shape index (κ2) is 4.95. The molecule has 0 aliphatic rings. The number of rotatable bonds is 2. The molecule has 1 heteroatoms. The van der Waals surface area contributed by atoms with Crippen molar-refractivity contribution >= 4 is 0 Å². The van der Waals surface area contributed by atoms with Crippen molar-refractivity contribution in [3.63, 3.8) is 0 Å². The Balaban J connectivity index is 2.25. The summed E-state index contributed by atoms with van der Waals surface area (Å²) in [7, 11) is 0. The molecule has 94 valence electrons. The summed E-state index contributed by atoms with van der Waals surface area (Å²) >= 11 is 0. The molecule has 2 rings (SSSR count). The molecule has 0 fully saturated rings. The molecule has 0 aromatic heterocycles. The van der Waals surface area contributed by atoms with Crippen molar-refractivity contribution in [3.8, 4) is 0 Å². The third kappa shape index (κ3) is 2.80. The monoisotopic (exact) mass is 240 g/mol. The van der Waals surface area contributed by atoms with Crippen LogP contribution in [0.2, 0.25) is 0 Å². The maximum Gasteiger partial charge on any atom is 0.104 e. The third-order valence-corrected chi connectivity index (χ3v) is 3.21. The molecule has 2 aromatic carbocycles. The minimum Gasteiger partial charge on any atom is -0.384 e. The molecule has 0 aliphatic carbocycles. The Morgan fingerprint density at radius 1 is 0.778 bits per heavy atom. The van der Waals surface area contributed by atoms with Gasteiger partial charge < -0.3 is 5.11 Å². The zero-order valence-corrected chi connectivity index (χ0v) is 11.2. The van der Waals surface area contributed by atoms with Gasteiger partial charge in [-0.3, -0.25) is 0 Å². The highest BCUT2D eigenvalue weighted by atomic mass is 16.3. The standard InChI is InChI=1S/C17H20O/c1-17(2,3)15-11-9-14(10-12-15)16(18)13-7-5-4-6-8-13/h4-12,16,18H,1-3H3/t16-/m0/s1. The van der Waals surface area contributed by atoms with Crippen molar-refractivity contribution in [2.24, 2.45) is 0 Å². The van der Waals surface area contributed by atoms with Crippen LogP contribution in [0.4, 0.5) is 0 Å². The van der Waals surface area contributed by atoms with Crippen LogP contribution in [-0.2, 0) is 5.41 Å². The van der Waals surface area contributed by atoms with E-state index in [9.17, 15) is 5.11 Å². The fraction of sp³-hybridized carbons (Fsp3) is 0.294. The molecule has 0 amide bonds. The fourth-order valence-corrected chi connectivity index (χ4v) is 1.99. The van der Waals surface area contributed by atoms with Crippen molar-refractivity contribution in [2.75, 3.05) is 0 Å². The minimum atomic E-state index is -0.541. The van der Waals surface area contributed by atoms with Crippen LogP contribution in [0.1, 0.15) is 43.6 Å². The van der Waals surface area contributed by atoms with Crippen LogP contribution in [0.15, 0.2) is 54.6 Å². The lowest BCUT2D eigenvalue weighted by molar-refractivity contribution is 0.220. The van der Waals surface area contributed by atoms with Gasteiger partial charge in [0, 0.05) is 0 Å². The van der Waals surface area contributed by atoms with E-state index in [2.05, 4.69) is 32.9 Å². The minimum absolute atomic E-state index is 0.149. The van der Waals surface area contributed by atoms with Crippen LogP contribution in [0.3, 0.4) is 0 Å². The third-order valence-electron chi connectivity index (χ3n) is 3.21. The maximum absolute atomic E-state index is 10.3.